The third-order valence-electron chi connectivity index (χ3n) is 3.89. The molecule has 1 aromatic heterocycles. The highest BCUT2D eigenvalue weighted by atomic mass is 16.5. The van der Waals surface area contributed by atoms with Crippen molar-refractivity contribution in [1.82, 2.24) is 4.98 Å². The van der Waals surface area contributed by atoms with Crippen LogP contribution < -0.4 is 4.74 Å². The van der Waals surface area contributed by atoms with Gasteiger partial charge in [0.25, 0.3) is 0 Å². The van der Waals surface area contributed by atoms with E-state index in [9.17, 15) is 5.11 Å². The average Bonchev–Trinajstić information content (AvgIpc) is 2.43. The number of ether oxygens (including phenoxy) is 1. The highest BCUT2D eigenvalue weighted by molar-refractivity contribution is 5.84. The van der Waals surface area contributed by atoms with Gasteiger partial charge in [-0.1, -0.05) is 25.1 Å². The van der Waals surface area contributed by atoms with Crippen molar-refractivity contribution in [2.45, 2.75) is 38.4 Å². The predicted molar refractivity (Wildman–Crippen MR) is 75.2 cm³/mol. The number of nitrogens with zero attached hydrogens (tertiary/aromatic N) is 1. The van der Waals surface area contributed by atoms with Gasteiger partial charge in [-0.15, -0.1) is 0 Å². The van der Waals surface area contributed by atoms with Gasteiger partial charge in [-0.05, 0) is 37.3 Å². The van der Waals surface area contributed by atoms with Crippen molar-refractivity contribution in [3.05, 3.63) is 36.5 Å². The van der Waals surface area contributed by atoms with Gasteiger partial charge < -0.3 is 9.84 Å². The molecule has 1 aliphatic rings. The number of aliphatic hydroxyl groups is 1. The Balaban J connectivity index is 1.88. The lowest BCUT2D eigenvalue weighted by atomic mass is 9.86. The van der Waals surface area contributed by atoms with E-state index in [1.54, 1.807) is 6.20 Å². The Morgan fingerprint density at radius 1 is 1.21 bits per heavy atom. The first-order valence-corrected chi connectivity index (χ1v) is 6.92. The summed E-state index contributed by atoms with van der Waals surface area (Å²) in [6, 6.07) is 9.87. The molecule has 0 saturated heterocycles. The summed E-state index contributed by atoms with van der Waals surface area (Å²) in [5, 5.41) is 11.1. The molecule has 1 heterocycles. The minimum Gasteiger partial charge on any atom is -0.485 e. The van der Waals surface area contributed by atoms with Crippen LogP contribution in [0.2, 0.25) is 0 Å². The highest BCUT2D eigenvalue weighted by Crippen LogP contribution is 2.30. The van der Waals surface area contributed by atoms with Crippen molar-refractivity contribution >= 4 is 10.9 Å². The topological polar surface area (TPSA) is 42.4 Å². The number of aliphatic hydroxyl groups excluding tert-OH is 1. The Morgan fingerprint density at radius 2 is 2.05 bits per heavy atom. The normalized spacial score (nSPS) is 27.4. The second-order valence-electron chi connectivity index (χ2n) is 5.47. The Bertz CT molecular complexity index is 564. The summed E-state index contributed by atoms with van der Waals surface area (Å²) < 4.78 is 6.04. The number of benzene rings is 1. The second kappa shape index (κ2) is 5.17. The minimum atomic E-state index is -0.366. The molecule has 1 aromatic carbocycles. The molecule has 3 nitrogen and oxygen atoms in total. The lowest BCUT2D eigenvalue weighted by molar-refractivity contribution is -0.00691. The number of para-hydroxylation sites is 1. The van der Waals surface area contributed by atoms with Crippen molar-refractivity contribution in [1.29, 1.82) is 0 Å². The molecule has 0 spiro atoms. The molecule has 1 fully saturated rings. The number of hydrogen-bond acceptors (Lipinski definition) is 3. The Hall–Kier alpha value is -1.61. The van der Waals surface area contributed by atoms with Crippen LogP contribution in [-0.2, 0) is 0 Å². The lowest BCUT2D eigenvalue weighted by Crippen LogP contribution is -2.37. The van der Waals surface area contributed by atoms with Crippen LogP contribution in [0, 0.1) is 5.92 Å². The molecule has 3 heteroatoms. The fourth-order valence-corrected chi connectivity index (χ4v) is 2.77. The molecule has 3 unspecified atom stereocenters. The van der Waals surface area contributed by atoms with E-state index in [0.717, 1.165) is 35.9 Å². The Kier molecular flexibility index (Phi) is 3.38. The van der Waals surface area contributed by atoms with Gasteiger partial charge in [0.1, 0.15) is 17.4 Å². The van der Waals surface area contributed by atoms with Crippen molar-refractivity contribution in [2.24, 2.45) is 5.92 Å². The van der Waals surface area contributed by atoms with E-state index in [-0.39, 0.29) is 12.2 Å². The molecule has 0 amide bonds. The van der Waals surface area contributed by atoms with Gasteiger partial charge in [-0.25, -0.2) is 0 Å². The van der Waals surface area contributed by atoms with Gasteiger partial charge in [-0.3, -0.25) is 4.98 Å². The molecule has 2 aromatic rings. The van der Waals surface area contributed by atoms with Crippen LogP contribution in [0.3, 0.4) is 0 Å². The lowest BCUT2D eigenvalue weighted by Gasteiger charge is -2.32. The molecular weight excluding hydrogens is 238 g/mol. The van der Waals surface area contributed by atoms with Crippen molar-refractivity contribution in [3.63, 3.8) is 0 Å². The van der Waals surface area contributed by atoms with E-state index in [1.165, 1.54) is 0 Å². The predicted octanol–water partition coefficient (Wildman–Crippen LogP) is 3.16. The first-order valence-electron chi connectivity index (χ1n) is 6.92. The van der Waals surface area contributed by atoms with Crippen LogP contribution >= 0.6 is 0 Å². The van der Waals surface area contributed by atoms with E-state index >= 15 is 0 Å². The number of hydrogen-bond donors (Lipinski definition) is 1. The molecule has 0 aliphatic heterocycles. The maximum atomic E-state index is 10.1. The molecule has 100 valence electrons. The highest BCUT2D eigenvalue weighted by Gasteiger charge is 2.29. The van der Waals surface area contributed by atoms with Crippen molar-refractivity contribution in [3.8, 4) is 5.75 Å². The fourth-order valence-electron chi connectivity index (χ4n) is 2.77. The van der Waals surface area contributed by atoms with Gasteiger partial charge >= 0.3 is 0 Å². The standard InChI is InChI=1S/C16H19NO2/c1-11-7-8-13(18)15(10-11)19-14-6-2-4-12-5-3-9-17-16(12)14/h2-6,9,11,13,15,18H,7-8,10H2,1H3. The summed E-state index contributed by atoms with van der Waals surface area (Å²) in [5.41, 5.74) is 0.871. The van der Waals surface area contributed by atoms with Gasteiger partial charge in [0.2, 0.25) is 0 Å². The summed E-state index contributed by atoms with van der Waals surface area (Å²) in [4.78, 5) is 4.38. The van der Waals surface area contributed by atoms with Gasteiger partial charge in [0, 0.05) is 11.6 Å². The zero-order chi connectivity index (χ0) is 13.2. The molecule has 0 radical (unpaired) electrons. The SMILES string of the molecule is CC1CCC(O)C(Oc2cccc3cccnc23)C1. The minimum absolute atomic E-state index is 0.114. The van der Waals surface area contributed by atoms with Crippen LogP contribution in [-0.4, -0.2) is 22.3 Å². The average molecular weight is 257 g/mol. The third kappa shape index (κ3) is 2.56. The van der Waals surface area contributed by atoms with E-state index in [0.29, 0.717) is 5.92 Å². The molecular formula is C16H19NO2. The van der Waals surface area contributed by atoms with Crippen LogP contribution in [0.4, 0.5) is 0 Å². The van der Waals surface area contributed by atoms with Crippen molar-refractivity contribution in [2.75, 3.05) is 0 Å². The number of pyridine rings is 1. The maximum Gasteiger partial charge on any atom is 0.146 e. The zero-order valence-corrected chi connectivity index (χ0v) is 11.1. The number of fused-ring (bicyclic) bond motifs is 1. The number of aromatic nitrogens is 1. The van der Waals surface area contributed by atoms with Crippen LogP contribution in [0.1, 0.15) is 26.2 Å². The second-order valence-corrected chi connectivity index (χ2v) is 5.47. The summed E-state index contributed by atoms with van der Waals surface area (Å²) in [5.74, 6) is 1.38. The Labute approximate surface area is 113 Å². The molecule has 1 N–H and O–H groups in total. The van der Waals surface area contributed by atoms with E-state index in [2.05, 4.69) is 11.9 Å². The smallest absolute Gasteiger partial charge is 0.146 e. The van der Waals surface area contributed by atoms with Crippen LogP contribution in [0.15, 0.2) is 36.5 Å². The quantitative estimate of drug-likeness (QED) is 0.898. The fraction of sp³-hybridized carbons (Fsp3) is 0.438. The van der Waals surface area contributed by atoms with E-state index < -0.39 is 0 Å². The van der Waals surface area contributed by atoms with Gasteiger partial charge in [0.15, 0.2) is 0 Å². The number of rotatable bonds is 2. The molecule has 3 atom stereocenters. The molecule has 1 saturated carbocycles. The van der Waals surface area contributed by atoms with Crippen molar-refractivity contribution < 1.29 is 9.84 Å². The summed E-state index contributed by atoms with van der Waals surface area (Å²) in [6.07, 6.45) is 4.10. The van der Waals surface area contributed by atoms with Crippen LogP contribution in [0.5, 0.6) is 5.75 Å². The first-order chi connectivity index (χ1) is 9.24. The molecule has 19 heavy (non-hydrogen) atoms. The molecule has 0 bridgehead atoms. The summed E-state index contributed by atoms with van der Waals surface area (Å²) >= 11 is 0. The van der Waals surface area contributed by atoms with E-state index in [1.807, 2.05) is 30.3 Å². The van der Waals surface area contributed by atoms with E-state index in [4.69, 9.17) is 4.74 Å². The van der Waals surface area contributed by atoms with Crippen LogP contribution in [0.25, 0.3) is 10.9 Å². The first kappa shape index (κ1) is 12.4. The van der Waals surface area contributed by atoms with Gasteiger partial charge in [0.05, 0.1) is 6.10 Å². The monoisotopic (exact) mass is 257 g/mol. The Morgan fingerprint density at radius 3 is 2.95 bits per heavy atom. The summed E-state index contributed by atoms with van der Waals surface area (Å²) in [6.45, 7) is 2.21. The maximum absolute atomic E-state index is 10.1. The summed E-state index contributed by atoms with van der Waals surface area (Å²) in [7, 11) is 0. The largest absolute Gasteiger partial charge is 0.485 e. The third-order valence-corrected chi connectivity index (χ3v) is 3.89. The zero-order valence-electron chi connectivity index (χ0n) is 11.1. The van der Waals surface area contributed by atoms with Gasteiger partial charge in [-0.2, -0.15) is 0 Å². The molecule has 1 aliphatic carbocycles. The molecule has 3 rings (SSSR count).